The van der Waals surface area contributed by atoms with Crippen LogP contribution in [-0.2, 0) is 11.2 Å². The fourth-order valence-electron chi connectivity index (χ4n) is 4.98. The summed E-state index contributed by atoms with van der Waals surface area (Å²) in [5.41, 5.74) is 7.24. The van der Waals surface area contributed by atoms with Gasteiger partial charge in [-0.1, -0.05) is 67.8 Å². The van der Waals surface area contributed by atoms with Gasteiger partial charge < -0.3 is 15.6 Å². The Morgan fingerprint density at radius 2 is 1.62 bits per heavy atom. The van der Waals surface area contributed by atoms with Crippen molar-refractivity contribution in [1.29, 1.82) is 0 Å². The predicted molar refractivity (Wildman–Crippen MR) is 144 cm³/mol. The third-order valence-corrected chi connectivity index (χ3v) is 6.97. The van der Waals surface area contributed by atoms with E-state index < -0.39 is 18.0 Å². The molecule has 1 fully saturated rings. The second kappa shape index (κ2) is 11.2. The van der Waals surface area contributed by atoms with Gasteiger partial charge in [-0.25, -0.2) is 10.2 Å². The van der Waals surface area contributed by atoms with Crippen LogP contribution in [0.5, 0.6) is 0 Å². The molecular formula is C29H31N5O3. The zero-order chi connectivity index (χ0) is 25.6. The molecule has 0 spiro atoms. The molecule has 1 aliphatic carbocycles. The summed E-state index contributed by atoms with van der Waals surface area (Å²) < 4.78 is 0. The van der Waals surface area contributed by atoms with Crippen molar-refractivity contribution in [3.8, 4) is 0 Å². The lowest BCUT2D eigenvalue weighted by Crippen LogP contribution is -2.56. The smallest absolute Gasteiger partial charge is 0.333 e. The molecule has 1 atom stereocenters. The van der Waals surface area contributed by atoms with Crippen molar-refractivity contribution in [3.05, 3.63) is 84.1 Å². The highest BCUT2D eigenvalue weighted by atomic mass is 16.2. The Labute approximate surface area is 215 Å². The van der Waals surface area contributed by atoms with Crippen LogP contribution in [0.2, 0.25) is 0 Å². The van der Waals surface area contributed by atoms with Crippen LogP contribution in [0.25, 0.3) is 21.7 Å². The van der Waals surface area contributed by atoms with Gasteiger partial charge in [0.15, 0.2) is 0 Å². The van der Waals surface area contributed by atoms with E-state index in [0.29, 0.717) is 5.56 Å². The van der Waals surface area contributed by atoms with Crippen molar-refractivity contribution in [1.82, 2.24) is 26.5 Å². The van der Waals surface area contributed by atoms with Crippen molar-refractivity contribution < 1.29 is 14.4 Å². The number of aromatic nitrogens is 1. The van der Waals surface area contributed by atoms with Crippen LogP contribution in [0.4, 0.5) is 4.79 Å². The molecule has 1 heterocycles. The molecule has 0 aliphatic heterocycles. The minimum atomic E-state index is -0.909. The quantitative estimate of drug-likeness (QED) is 0.256. The van der Waals surface area contributed by atoms with Crippen LogP contribution in [0.1, 0.15) is 48.0 Å². The van der Waals surface area contributed by atoms with Crippen LogP contribution in [-0.4, -0.2) is 34.9 Å². The number of para-hydroxylation sites is 1. The second-order valence-electron chi connectivity index (χ2n) is 9.57. The summed E-state index contributed by atoms with van der Waals surface area (Å²) in [5, 5.41) is 8.72. The summed E-state index contributed by atoms with van der Waals surface area (Å²) in [6.45, 7) is 0. The number of hydrazine groups is 1. The number of H-pyrrole nitrogens is 1. The molecule has 0 bridgehead atoms. The summed E-state index contributed by atoms with van der Waals surface area (Å²) in [6, 6.07) is 19.8. The Hall–Kier alpha value is -4.33. The molecule has 1 saturated carbocycles. The lowest BCUT2D eigenvalue weighted by Gasteiger charge is -2.23. The molecule has 4 aromatic rings. The van der Waals surface area contributed by atoms with Crippen molar-refractivity contribution in [2.75, 3.05) is 0 Å². The highest BCUT2D eigenvalue weighted by molar-refractivity contribution is 6.01. The Morgan fingerprint density at radius 3 is 2.46 bits per heavy atom. The topological polar surface area (TPSA) is 115 Å². The first-order valence-electron chi connectivity index (χ1n) is 12.8. The van der Waals surface area contributed by atoms with Crippen LogP contribution in [0, 0.1) is 0 Å². The first-order chi connectivity index (χ1) is 18.1. The molecule has 1 aromatic heterocycles. The molecule has 190 valence electrons. The summed E-state index contributed by atoms with van der Waals surface area (Å²) in [7, 11) is 0. The molecule has 8 heteroatoms. The maximum absolute atomic E-state index is 13.2. The van der Waals surface area contributed by atoms with Crippen LogP contribution < -0.4 is 21.5 Å². The van der Waals surface area contributed by atoms with Crippen molar-refractivity contribution in [2.45, 2.75) is 50.6 Å². The highest BCUT2D eigenvalue weighted by Crippen LogP contribution is 2.20. The van der Waals surface area contributed by atoms with Gasteiger partial charge >= 0.3 is 6.03 Å². The van der Waals surface area contributed by atoms with Gasteiger partial charge in [0.2, 0.25) is 0 Å². The fraction of sp³-hybridized carbons (Fsp3) is 0.276. The number of hydrogen-bond donors (Lipinski definition) is 5. The number of aromatic amines is 1. The van der Waals surface area contributed by atoms with Crippen LogP contribution >= 0.6 is 0 Å². The third kappa shape index (κ3) is 5.91. The molecular weight excluding hydrogens is 466 g/mol. The molecule has 1 unspecified atom stereocenters. The first-order valence-corrected chi connectivity index (χ1v) is 12.8. The lowest BCUT2D eigenvalue weighted by atomic mass is 9.96. The number of carbonyl (C=O) groups is 3. The molecule has 3 aromatic carbocycles. The zero-order valence-corrected chi connectivity index (χ0v) is 20.6. The van der Waals surface area contributed by atoms with Crippen LogP contribution in [0.15, 0.2) is 72.9 Å². The molecule has 0 saturated heterocycles. The van der Waals surface area contributed by atoms with Gasteiger partial charge in [0.25, 0.3) is 11.8 Å². The standard InChI is InChI=1S/C29H31N5O3/c35-27(21-15-14-19-8-4-5-9-20(19)16-21)32-26(17-22-18-30-25-13-7-6-12-24(22)25)28(36)33-34-29(37)31-23-10-2-1-3-11-23/h4-9,12-16,18,23,26,30H,1-3,10-11,17H2,(H,32,35)(H,33,36)(H2,31,34,37). The average Bonchev–Trinajstić information content (AvgIpc) is 3.34. The van der Waals surface area contributed by atoms with E-state index in [-0.39, 0.29) is 18.4 Å². The Balaban J connectivity index is 1.30. The van der Waals surface area contributed by atoms with E-state index in [9.17, 15) is 14.4 Å². The largest absolute Gasteiger partial charge is 0.361 e. The van der Waals surface area contributed by atoms with E-state index in [1.54, 1.807) is 12.1 Å². The second-order valence-corrected chi connectivity index (χ2v) is 9.57. The predicted octanol–water partition coefficient (Wildman–Crippen LogP) is 4.33. The summed E-state index contributed by atoms with van der Waals surface area (Å²) in [4.78, 5) is 42.0. The van der Waals surface area contributed by atoms with E-state index in [4.69, 9.17) is 0 Å². The third-order valence-electron chi connectivity index (χ3n) is 6.97. The number of benzene rings is 3. The van der Waals surface area contributed by atoms with Gasteiger partial charge in [0.05, 0.1) is 0 Å². The molecule has 4 amide bonds. The number of nitrogens with one attached hydrogen (secondary N) is 5. The van der Waals surface area contributed by atoms with Crippen molar-refractivity contribution in [3.63, 3.8) is 0 Å². The van der Waals surface area contributed by atoms with E-state index >= 15 is 0 Å². The average molecular weight is 498 g/mol. The normalized spacial score (nSPS) is 14.7. The Kier molecular flexibility index (Phi) is 7.35. The lowest BCUT2D eigenvalue weighted by molar-refractivity contribution is -0.123. The summed E-state index contributed by atoms with van der Waals surface area (Å²) in [6.07, 6.45) is 7.33. The molecule has 37 heavy (non-hydrogen) atoms. The molecule has 8 nitrogen and oxygen atoms in total. The van der Waals surface area contributed by atoms with Crippen molar-refractivity contribution >= 4 is 39.5 Å². The Morgan fingerprint density at radius 1 is 0.865 bits per heavy atom. The highest BCUT2D eigenvalue weighted by Gasteiger charge is 2.24. The maximum Gasteiger partial charge on any atom is 0.333 e. The van der Waals surface area contributed by atoms with Crippen molar-refractivity contribution in [2.24, 2.45) is 0 Å². The number of hydrogen-bond acceptors (Lipinski definition) is 3. The van der Waals surface area contributed by atoms with Gasteiger partial charge in [0.1, 0.15) is 6.04 Å². The fourth-order valence-corrected chi connectivity index (χ4v) is 4.98. The minimum absolute atomic E-state index is 0.111. The van der Waals surface area contributed by atoms with Gasteiger partial charge in [-0.2, -0.15) is 0 Å². The van der Waals surface area contributed by atoms with E-state index in [0.717, 1.165) is 52.9 Å². The first kappa shape index (κ1) is 24.4. The molecule has 1 aliphatic rings. The van der Waals surface area contributed by atoms with Gasteiger partial charge in [-0.05, 0) is 47.4 Å². The number of amides is 4. The number of fused-ring (bicyclic) bond motifs is 2. The number of urea groups is 1. The molecule has 5 N–H and O–H groups in total. The minimum Gasteiger partial charge on any atom is -0.361 e. The van der Waals surface area contributed by atoms with E-state index in [1.165, 1.54) is 6.42 Å². The van der Waals surface area contributed by atoms with Gasteiger partial charge in [-0.15, -0.1) is 0 Å². The van der Waals surface area contributed by atoms with Gasteiger partial charge in [0, 0.05) is 35.1 Å². The van der Waals surface area contributed by atoms with Crippen LogP contribution in [0.3, 0.4) is 0 Å². The van der Waals surface area contributed by atoms with E-state index in [2.05, 4.69) is 26.5 Å². The molecule has 5 rings (SSSR count). The zero-order valence-electron chi connectivity index (χ0n) is 20.6. The summed E-state index contributed by atoms with van der Waals surface area (Å²) in [5.74, 6) is -0.865. The maximum atomic E-state index is 13.2. The van der Waals surface area contributed by atoms with E-state index in [1.807, 2.05) is 60.8 Å². The SMILES string of the molecule is O=C(NNC(=O)C(Cc1c[nH]c2ccccc12)NC(=O)c1ccc2ccccc2c1)NC1CCCCC1. The number of carbonyl (C=O) groups excluding carboxylic acids is 3. The van der Waals surface area contributed by atoms with Gasteiger partial charge in [-0.3, -0.25) is 15.0 Å². The monoisotopic (exact) mass is 497 g/mol. The summed E-state index contributed by atoms with van der Waals surface area (Å²) >= 11 is 0. The Bertz CT molecular complexity index is 1420. The number of rotatable bonds is 6. The molecule has 0 radical (unpaired) electrons.